The lowest BCUT2D eigenvalue weighted by atomic mass is 10.0. The van der Waals surface area contributed by atoms with Crippen molar-refractivity contribution in [2.75, 3.05) is 13.2 Å². The number of ether oxygens (including phenoxy) is 3. The normalized spacial score (nSPS) is 12.5. The molecule has 0 rings (SSSR count). The van der Waals surface area contributed by atoms with Gasteiger partial charge in [0.05, 0.1) is 0 Å². The first-order valence-corrected chi connectivity index (χ1v) is 28.8. The lowest BCUT2D eigenvalue weighted by Gasteiger charge is -2.18. The molecule has 1 unspecified atom stereocenters. The first kappa shape index (κ1) is 64.1. The molecular formula is C61H108O6. The van der Waals surface area contributed by atoms with Crippen molar-refractivity contribution in [3.63, 3.8) is 0 Å². The molecule has 6 heteroatoms. The second kappa shape index (κ2) is 55.7. The zero-order valence-corrected chi connectivity index (χ0v) is 44.4. The SMILES string of the molecule is CC/C=C\C/C=C\C/C=C\C/C=C\C/C=C\CCCCCCCC(=O)OC(COC(=O)CCCCCCC)COC(=O)CCCCCCCCCCCCCCCCCCCCCCCCC. The van der Waals surface area contributed by atoms with Crippen molar-refractivity contribution in [1.82, 2.24) is 0 Å². The van der Waals surface area contributed by atoms with Gasteiger partial charge >= 0.3 is 17.9 Å². The molecule has 0 amide bonds. The Balaban J connectivity index is 4.10. The molecule has 0 saturated heterocycles. The van der Waals surface area contributed by atoms with Gasteiger partial charge in [-0.05, 0) is 64.2 Å². The summed E-state index contributed by atoms with van der Waals surface area (Å²) >= 11 is 0. The molecule has 0 aromatic heterocycles. The van der Waals surface area contributed by atoms with Crippen LogP contribution in [0.15, 0.2) is 60.8 Å². The Bertz CT molecular complexity index is 1210. The van der Waals surface area contributed by atoms with E-state index in [0.29, 0.717) is 19.3 Å². The topological polar surface area (TPSA) is 78.9 Å². The molecule has 1 atom stereocenters. The zero-order chi connectivity index (χ0) is 48.6. The van der Waals surface area contributed by atoms with Crippen molar-refractivity contribution >= 4 is 17.9 Å². The second-order valence-electron chi connectivity index (χ2n) is 19.2. The van der Waals surface area contributed by atoms with Crippen LogP contribution >= 0.6 is 0 Å². The van der Waals surface area contributed by atoms with Crippen LogP contribution in [0.2, 0.25) is 0 Å². The van der Waals surface area contributed by atoms with Crippen molar-refractivity contribution in [2.24, 2.45) is 0 Å². The summed E-state index contributed by atoms with van der Waals surface area (Å²) in [6.07, 6.45) is 69.8. The maximum atomic E-state index is 12.8. The molecule has 388 valence electrons. The van der Waals surface area contributed by atoms with E-state index in [0.717, 1.165) is 116 Å². The fourth-order valence-electron chi connectivity index (χ4n) is 8.24. The van der Waals surface area contributed by atoms with Crippen LogP contribution in [0.5, 0.6) is 0 Å². The highest BCUT2D eigenvalue weighted by atomic mass is 16.6. The third-order valence-corrected chi connectivity index (χ3v) is 12.5. The molecule has 6 nitrogen and oxygen atoms in total. The third kappa shape index (κ3) is 53.9. The summed E-state index contributed by atoms with van der Waals surface area (Å²) in [5.74, 6) is -0.903. The molecule has 0 aliphatic heterocycles. The lowest BCUT2D eigenvalue weighted by Crippen LogP contribution is -2.30. The number of unbranched alkanes of at least 4 members (excludes halogenated alkanes) is 31. The molecule has 0 heterocycles. The fourth-order valence-corrected chi connectivity index (χ4v) is 8.24. The molecule has 0 aliphatic carbocycles. The van der Waals surface area contributed by atoms with Crippen molar-refractivity contribution in [3.05, 3.63) is 60.8 Å². The standard InChI is InChI=1S/C61H108O6/c1-4-7-10-13-15-17-19-21-23-25-27-29-30-32-33-35-37-39-41-43-45-48-51-54-60(63)66-57-58(56-65-59(62)53-50-47-12-9-6-3)67-61(64)55-52-49-46-44-42-40-38-36-34-31-28-26-24-22-20-18-16-14-11-8-5-2/h8,11,16,18,22,24,28,31,36,38,58H,4-7,9-10,12-15,17,19-21,23,25-27,29-30,32-35,37,39-57H2,1-3H3/b11-8-,18-16-,24-22-,31-28-,38-36-. The number of allylic oxidation sites excluding steroid dienone is 10. The predicted molar refractivity (Wildman–Crippen MR) is 288 cm³/mol. The number of esters is 3. The Labute approximate surface area is 415 Å². The van der Waals surface area contributed by atoms with Crippen molar-refractivity contribution in [2.45, 2.75) is 297 Å². The summed E-state index contributed by atoms with van der Waals surface area (Å²) < 4.78 is 16.7. The molecule has 0 N–H and O–H groups in total. The van der Waals surface area contributed by atoms with Gasteiger partial charge in [0.1, 0.15) is 13.2 Å². The first-order valence-electron chi connectivity index (χ1n) is 28.8. The Morgan fingerprint density at radius 3 is 0.910 bits per heavy atom. The van der Waals surface area contributed by atoms with Gasteiger partial charge in [-0.1, -0.05) is 268 Å². The van der Waals surface area contributed by atoms with Crippen LogP contribution in [-0.4, -0.2) is 37.2 Å². The van der Waals surface area contributed by atoms with Crippen LogP contribution < -0.4 is 0 Å². The average Bonchev–Trinajstić information content (AvgIpc) is 3.33. The van der Waals surface area contributed by atoms with Gasteiger partial charge in [0.25, 0.3) is 0 Å². The molecule has 0 aromatic rings. The maximum Gasteiger partial charge on any atom is 0.306 e. The van der Waals surface area contributed by atoms with E-state index >= 15 is 0 Å². The summed E-state index contributed by atoms with van der Waals surface area (Å²) in [6.45, 7) is 6.46. The minimum Gasteiger partial charge on any atom is -0.462 e. The Hall–Kier alpha value is -2.89. The van der Waals surface area contributed by atoms with Crippen LogP contribution in [0.3, 0.4) is 0 Å². The van der Waals surface area contributed by atoms with E-state index in [1.165, 1.54) is 135 Å². The van der Waals surface area contributed by atoms with Gasteiger partial charge in [-0.2, -0.15) is 0 Å². The first-order chi connectivity index (χ1) is 33.0. The van der Waals surface area contributed by atoms with Crippen LogP contribution in [-0.2, 0) is 28.6 Å². The van der Waals surface area contributed by atoms with Crippen molar-refractivity contribution in [3.8, 4) is 0 Å². The van der Waals surface area contributed by atoms with E-state index in [9.17, 15) is 14.4 Å². The predicted octanol–water partition coefficient (Wildman–Crippen LogP) is 19.2. The number of carbonyl (C=O) groups excluding carboxylic acids is 3. The summed E-state index contributed by atoms with van der Waals surface area (Å²) in [6, 6.07) is 0. The molecular weight excluding hydrogens is 829 g/mol. The molecule has 67 heavy (non-hydrogen) atoms. The summed E-state index contributed by atoms with van der Waals surface area (Å²) in [5.41, 5.74) is 0. The van der Waals surface area contributed by atoms with E-state index in [1.54, 1.807) is 0 Å². The second-order valence-corrected chi connectivity index (χ2v) is 19.2. The fraction of sp³-hybridized carbons (Fsp3) is 0.787. The maximum absolute atomic E-state index is 12.8. The summed E-state index contributed by atoms with van der Waals surface area (Å²) in [5, 5.41) is 0. The molecule has 0 saturated carbocycles. The largest absolute Gasteiger partial charge is 0.462 e. The van der Waals surface area contributed by atoms with E-state index in [-0.39, 0.29) is 31.1 Å². The minimum atomic E-state index is -0.779. The Kier molecular flexibility index (Phi) is 53.3. The smallest absolute Gasteiger partial charge is 0.306 e. The number of hydrogen-bond acceptors (Lipinski definition) is 6. The highest BCUT2D eigenvalue weighted by Crippen LogP contribution is 2.17. The molecule has 0 radical (unpaired) electrons. The van der Waals surface area contributed by atoms with Crippen molar-refractivity contribution in [1.29, 1.82) is 0 Å². The third-order valence-electron chi connectivity index (χ3n) is 12.5. The van der Waals surface area contributed by atoms with Gasteiger partial charge in [0.15, 0.2) is 6.10 Å². The minimum absolute atomic E-state index is 0.0799. The average molecular weight is 938 g/mol. The Morgan fingerprint density at radius 2 is 0.582 bits per heavy atom. The molecule has 0 fully saturated rings. The Morgan fingerprint density at radius 1 is 0.313 bits per heavy atom. The highest BCUT2D eigenvalue weighted by molar-refractivity contribution is 5.71. The van der Waals surface area contributed by atoms with E-state index in [2.05, 4.69) is 81.5 Å². The number of hydrogen-bond donors (Lipinski definition) is 0. The van der Waals surface area contributed by atoms with Gasteiger partial charge in [-0.3, -0.25) is 14.4 Å². The number of carbonyl (C=O) groups is 3. The zero-order valence-electron chi connectivity index (χ0n) is 44.4. The molecule has 0 bridgehead atoms. The van der Waals surface area contributed by atoms with Gasteiger partial charge in [-0.25, -0.2) is 0 Å². The number of rotatable bonds is 52. The summed E-state index contributed by atoms with van der Waals surface area (Å²) in [7, 11) is 0. The quantitative estimate of drug-likeness (QED) is 0.0262. The van der Waals surface area contributed by atoms with Crippen molar-refractivity contribution < 1.29 is 28.6 Å². The van der Waals surface area contributed by atoms with Crippen LogP contribution in [0, 0.1) is 0 Å². The van der Waals surface area contributed by atoms with E-state index < -0.39 is 6.10 Å². The molecule has 0 spiro atoms. The molecule has 0 aromatic carbocycles. The molecule has 0 aliphatic rings. The van der Waals surface area contributed by atoms with E-state index in [1.807, 2.05) is 0 Å². The highest BCUT2D eigenvalue weighted by Gasteiger charge is 2.19. The van der Waals surface area contributed by atoms with Crippen LogP contribution in [0.1, 0.15) is 290 Å². The van der Waals surface area contributed by atoms with Gasteiger partial charge in [0, 0.05) is 19.3 Å². The van der Waals surface area contributed by atoms with E-state index in [4.69, 9.17) is 14.2 Å². The van der Waals surface area contributed by atoms with Crippen LogP contribution in [0.4, 0.5) is 0 Å². The lowest BCUT2D eigenvalue weighted by molar-refractivity contribution is -0.167. The van der Waals surface area contributed by atoms with Gasteiger partial charge in [-0.15, -0.1) is 0 Å². The monoisotopic (exact) mass is 937 g/mol. The van der Waals surface area contributed by atoms with Crippen LogP contribution in [0.25, 0.3) is 0 Å². The van der Waals surface area contributed by atoms with Gasteiger partial charge in [0.2, 0.25) is 0 Å². The van der Waals surface area contributed by atoms with Gasteiger partial charge < -0.3 is 14.2 Å². The summed E-state index contributed by atoms with van der Waals surface area (Å²) in [4.78, 5) is 37.8.